The molecule has 0 aliphatic carbocycles. The van der Waals surface area contributed by atoms with Crippen molar-refractivity contribution in [1.29, 1.82) is 0 Å². The van der Waals surface area contributed by atoms with E-state index in [1.54, 1.807) is 12.1 Å². The third-order valence-corrected chi connectivity index (χ3v) is 5.56. The molecule has 1 aliphatic heterocycles. The molecule has 32 heavy (non-hydrogen) atoms. The molecule has 0 bridgehead atoms. The number of thioether (sulfide) groups is 1. The van der Waals surface area contributed by atoms with E-state index in [2.05, 4.69) is 4.99 Å². The molecule has 1 amide bonds. The molecule has 0 unspecified atom stereocenters. The third kappa shape index (κ3) is 4.19. The number of phenolic OH excluding ortho intramolecular Hbond substituents is 1. The van der Waals surface area contributed by atoms with E-state index in [0.717, 1.165) is 11.8 Å². The molecule has 0 spiro atoms. The van der Waals surface area contributed by atoms with Gasteiger partial charge in [-0.3, -0.25) is 19.8 Å². The molecule has 1 fully saturated rings. The quantitative estimate of drug-likeness (QED) is 0.331. The van der Waals surface area contributed by atoms with Gasteiger partial charge in [0.05, 0.1) is 28.3 Å². The number of ether oxygens (including phenoxy) is 1. The number of para-hydroxylation sites is 2. The molecule has 9 heteroatoms. The van der Waals surface area contributed by atoms with Crippen LogP contribution in [0.25, 0.3) is 6.08 Å². The largest absolute Gasteiger partial charge is 0.500 e. The Bertz CT molecular complexity index is 1240. The van der Waals surface area contributed by atoms with E-state index >= 15 is 0 Å². The number of phenols is 1. The van der Waals surface area contributed by atoms with Crippen LogP contribution in [-0.4, -0.2) is 28.2 Å². The zero-order valence-electron chi connectivity index (χ0n) is 16.8. The number of rotatable bonds is 5. The molecule has 0 saturated carbocycles. The SMILES string of the molecule is COc1cc(/C=C2/SC(=Nc3ccccc3)N(c3ccccc3)C2=O)cc([N+](=O)[O-])c1O. The maximum absolute atomic E-state index is 13.3. The molecule has 160 valence electrons. The van der Waals surface area contributed by atoms with Gasteiger partial charge in [-0.05, 0) is 53.7 Å². The average molecular weight is 447 g/mol. The van der Waals surface area contributed by atoms with Gasteiger partial charge in [0.15, 0.2) is 10.9 Å². The topological polar surface area (TPSA) is 105 Å². The predicted octanol–water partition coefficient (Wildman–Crippen LogP) is 5.12. The van der Waals surface area contributed by atoms with Crippen LogP contribution in [0.1, 0.15) is 5.56 Å². The number of hydrogen-bond acceptors (Lipinski definition) is 7. The van der Waals surface area contributed by atoms with Crippen molar-refractivity contribution in [3.05, 3.63) is 93.4 Å². The molecule has 0 radical (unpaired) electrons. The van der Waals surface area contributed by atoms with Gasteiger partial charge in [0, 0.05) is 6.07 Å². The number of hydrogen-bond donors (Lipinski definition) is 1. The van der Waals surface area contributed by atoms with Gasteiger partial charge in [0.25, 0.3) is 5.91 Å². The first-order valence-corrected chi connectivity index (χ1v) is 10.3. The van der Waals surface area contributed by atoms with Crippen molar-refractivity contribution >= 4 is 46.0 Å². The molecule has 3 aromatic rings. The van der Waals surface area contributed by atoms with Gasteiger partial charge in [-0.25, -0.2) is 4.99 Å². The molecule has 1 saturated heterocycles. The van der Waals surface area contributed by atoms with Crippen LogP contribution in [-0.2, 0) is 4.79 Å². The van der Waals surface area contributed by atoms with Crippen LogP contribution in [0.3, 0.4) is 0 Å². The van der Waals surface area contributed by atoms with Gasteiger partial charge in [0.2, 0.25) is 5.75 Å². The van der Waals surface area contributed by atoms with E-state index in [4.69, 9.17) is 4.74 Å². The zero-order valence-corrected chi connectivity index (χ0v) is 17.7. The first-order valence-electron chi connectivity index (χ1n) is 9.46. The fourth-order valence-electron chi connectivity index (χ4n) is 3.11. The molecular weight excluding hydrogens is 430 g/mol. The van der Waals surface area contributed by atoms with Crippen molar-refractivity contribution in [1.82, 2.24) is 0 Å². The van der Waals surface area contributed by atoms with Crippen molar-refractivity contribution in [2.75, 3.05) is 12.0 Å². The molecule has 1 N–H and O–H groups in total. The molecule has 1 heterocycles. The van der Waals surface area contributed by atoms with Crippen molar-refractivity contribution in [2.24, 2.45) is 4.99 Å². The lowest BCUT2D eigenvalue weighted by Gasteiger charge is -2.15. The van der Waals surface area contributed by atoms with E-state index in [1.165, 1.54) is 30.2 Å². The van der Waals surface area contributed by atoms with E-state index in [0.29, 0.717) is 27.0 Å². The Kier molecular flexibility index (Phi) is 5.91. The average Bonchev–Trinajstić information content (AvgIpc) is 3.10. The molecule has 4 rings (SSSR count). The Labute approximate surface area is 187 Å². The maximum atomic E-state index is 13.3. The summed E-state index contributed by atoms with van der Waals surface area (Å²) in [6.07, 6.45) is 1.52. The molecule has 1 aliphatic rings. The summed E-state index contributed by atoms with van der Waals surface area (Å²) in [4.78, 5) is 30.3. The lowest BCUT2D eigenvalue weighted by atomic mass is 10.1. The predicted molar refractivity (Wildman–Crippen MR) is 124 cm³/mol. The van der Waals surface area contributed by atoms with E-state index in [9.17, 15) is 20.0 Å². The highest BCUT2D eigenvalue weighted by atomic mass is 32.2. The van der Waals surface area contributed by atoms with Crippen LogP contribution in [0, 0.1) is 10.1 Å². The highest BCUT2D eigenvalue weighted by Gasteiger charge is 2.35. The summed E-state index contributed by atoms with van der Waals surface area (Å²) in [5, 5.41) is 21.8. The lowest BCUT2D eigenvalue weighted by molar-refractivity contribution is -0.386. The minimum atomic E-state index is -0.706. The number of aliphatic imine (C=N–C) groups is 1. The second-order valence-electron chi connectivity index (χ2n) is 6.66. The number of nitro benzene ring substituents is 1. The Morgan fingerprint density at radius 3 is 2.38 bits per heavy atom. The number of anilines is 1. The van der Waals surface area contributed by atoms with Crippen LogP contribution in [0.15, 0.2) is 82.7 Å². The minimum absolute atomic E-state index is 0.0559. The minimum Gasteiger partial charge on any atom is -0.500 e. The van der Waals surface area contributed by atoms with E-state index < -0.39 is 16.4 Å². The van der Waals surface area contributed by atoms with Crippen LogP contribution in [0.2, 0.25) is 0 Å². The highest BCUT2D eigenvalue weighted by molar-refractivity contribution is 8.19. The smallest absolute Gasteiger partial charge is 0.315 e. The summed E-state index contributed by atoms with van der Waals surface area (Å²) in [5.74, 6) is -0.938. The number of benzene rings is 3. The fourth-order valence-corrected chi connectivity index (χ4v) is 4.11. The number of nitrogens with zero attached hydrogens (tertiary/aromatic N) is 3. The van der Waals surface area contributed by atoms with E-state index in [-0.39, 0.29) is 11.7 Å². The summed E-state index contributed by atoms with van der Waals surface area (Å²) in [7, 11) is 1.30. The first kappa shape index (κ1) is 21.1. The van der Waals surface area contributed by atoms with Gasteiger partial charge in [-0.2, -0.15) is 0 Å². The standard InChI is InChI=1S/C23H17N3O5S/c1-31-19-13-15(12-18(21(19)27)26(29)30)14-20-22(28)25(17-10-6-3-7-11-17)23(32-20)24-16-8-4-2-5-9-16/h2-14,27H,1H3/b20-14+,24-23?. The second kappa shape index (κ2) is 8.94. The van der Waals surface area contributed by atoms with E-state index in [1.807, 2.05) is 48.5 Å². The number of amidine groups is 1. The summed E-state index contributed by atoms with van der Waals surface area (Å²) in [6.45, 7) is 0. The Hall–Kier alpha value is -4.11. The molecule has 8 nitrogen and oxygen atoms in total. The van der Waals surface area contributed by atoms with Crippen molar-refractivity contribution in [3.63, 3.8) is 0 Å². The number of amides is 1. The van der Waals surface area contributed by atoms with Gasteiger partial charge in [-0.1, -0.05) is 36.4 Å². The van der Waals surface area contributed by atoms with Gasteiger partial charge >= 0.3 is 5.69 Å². The third-order valence-electron chi connectivity index (χ3n) is 4.59. The Morgan fingerprint density at radius 2 is 1.75 bits per heavy atom. The first-order chi connectivity index (χ1) is 15.5. The number of carbonyl (C=O) groups excluding carboxylic acids is 1. The molecule has 3 aromatic carbocycles. The Morgan fingerprint density at radius 1 is 1.09 bits per heavy atom. The van der Waals surface area contributed by atoms with Crippen LogP contribution >= 0.6 is 11.8 Å². The lowest BCUT2D eigenvalue weighted by Crippen LogP contribution is -2.28. The number of nitro groups is 1. The summed E-state index contributed by atoms with van der Waals surface area (Å²) in [6, 6.07) is 21.0. The number of carbonyl (C=O) groups is 1. The molecular formula is C23H17N3O5S. The summed E-state index contributed by atoms with van der Waals surface area (Å²) >= 11 is 1.16. The van der Waals surface area contributed by atoms with Crippen LogP contribution in [0.5, 0.6) is 11.5 Å². The van der Waals surface area contributed by atoms with Crippen molar-refractivity contribution < 1.29 is 19.6 Å². The number of methoxy groups -OCH3 is 1. The highest BCUT2D eigenvalue weighted by Crippen LogP contribution is 2.40. The van der Waals surface area contributed by atoms with Gasteiger partial charge in [-0.15, -0.1) is 0 Å². The zero-order chi connectivity index (χ0) is 22.7. The van der Waals surface area contributed by atoms with Gasteiger partial charge in [0.1, 0.15) is 0 Å². The fraction of sp³-hybridized carbons (Fsp3) is 0.0435. The van der Waals surface area contributed by atoms with Crippen LogP contribution < -0.4 is 9.64 Å². The molecule has 0 atom stereocenters. The second-order valence-corrected chi connectivity index (χ2v) is 7.67. The summed E-state index contributed by atoms with van der Waals surface area (Å²) < 4.78 is 5.05. The molecule has 0 aromatic heterocycles. The normalized spacial score (nSPS) is 16.0. The van der Waals surface area contributed by atoms with Crippen molar-refractivity contribution in [2.45, 2.75) is 0 Å². The summed E-state index contributed by atoms with van der Waals surface area (Å²) in [5.41, 5.74) is 1.17. The van der Waals surface area contributed by atoms with Crippen molar-refractivity contribution in [3.8, 4) is 11.5 Å². The van der Waals surface area contributed by atoms with Crippen LogP contribution in [0.4, 0.5) is 17.1 Å². The maximum Gasteiger partial charge on any atom is 0.315 e. The number of aromatic hydroxyl groups is 1. The monoisotopic (exact) mass is 447 g/mol. The van der Waals surface area contributed by atoms with Gasteiger partial charge < -0.3 is 9.84 Å². The Balaban J connectivity index is 1.80.